The number of hydrogen-bond donors (Lipinski definition) is 0. The Morgan fingerprint density at radius 2 is 1.73 bits per heavy atom. The Bertz CT molecular complexity index is 1310. The molecule has 0 unspecified atom stereocenters. The van der Waals surface area contributed by atoms with Gasteiger partial charge in [-0.3, -0.25) is 4.79 Å². The van der Waals surface area contributed by atoms with E-state index in [1.54, 1.807) is 11.8 Å². The van der Waals surface area contributed by atoms with Crippen LogP contribution in [0.1, 0.15) is 21.5 Å². The lowest BCUT2D eigenvalue weighted by atomic mass is 10.1. The van der Waals surface area contributed by atoms with Crippen molar-refractivity contribution in [1.82, 2.24) is 29.9 Å². The summed E-state index contributed by atoms with van der Waals surface area (Å²) >= 11 is 0. The average molecular weight is 444 g/mol. The maximum Gasteiger partial charge on any atom is 0.253 e. The van der Waals surface area contributed by atoms with Crippen LogP contribution >= 0.6 is 0 Å². The van der Waals surface area contributed by atoms with Crippen molar-refractivity contribution in [2.75, 3.05) is 38.2 Å². The number of benzene rings is 2. The highest BCUT2D eigenvalue weighted by atomic mass is 16.5. The monoisotopic (exact) mass is 443 g/mol. The van der Waals surface area contributed by atoms with Crippen LogP contribution in [-0.2, 0) is 0 Å². The molecule has 9 heteroatoms. The van der Waals surface area contributed by atoms with Gasteiger partial charge >= 0.3 is 0 Å². The first-order chi connectivity index (χ1) is 16.0. The maximum atomic E-state index is 13.0. The van der Waals surface area contributed by atoms with Gasteiger partial charge in [-0.25, -0.2) is 9.97 Å². The van der Waals surface area contributed by atoms with E-state index >= 15 is 0 Å². The third-order valence-electron chi connectivity index (χ3n) is 5.85. The van der Waals surface area contributed by atoms with Gasteiger partial charge in [0.1, 0.15) is 12.1 Å². The Morgan fingerprint density at radius 3 is 2.45 bits per heavy atom. The topological polar surface area (TPSA) is 89.3 Å². The van der Waals surface area contributed by atoms with E-state index in [1.807, 2.05) is 55.1 Å². The zero-order valence-electron chi connectivity index (χ0n) is 18.9. The Kier molecular flexibility index (Phi) is 5.37. The molecule has 0 aliphatic carbocycles. The molecular formula is C24H25N7O2. The molecule has 1 saturated heterocycles. The second kappa shape index (κ2) is 8.50. The molecular weight excluding hydrogens is 418 g/mol. The molecule has 0 N–H and O–H groups in total. The molecule has 0 atom stereocenters. The van der Waals surface area contributed by atoms with Crippen LogP contribution in [-0.4, -0.2) is 69.1 Å². The van der Waals surface area contributed by atoms with Gasteiger partial charge in [-0.15, -0.1) is 5.10 Å². The van der Waals surface area contributed by atoms with Crippen molar-refractivity contribution < 1.29 is 9.53 Å². The molecule has 0 radical (unpaired) electrons. The number of fused-ring (bicyclic) bond motifs is 1. The highest BCUT2D eigenvalue weighted by Crippen LogP contribution is 2.25. The van der Waals surface area contributed by atoms with Crippen LogP contribution in [0, 0.1) is 13.8 Å². The number of piperazine rings is 1. The second-order valence-electron chi connectivity index (χ2n) is 8.23. The predicted octanol–water partition coefficient (Wildman–Crippen LogP) is 2.80. The fraction of sp³-hybridized carbons (Fsp3) is 0.292. The van der Waals surface area contributed by atoms with Gasteiger partial charge in [0.05, 0.1) is 12.8 Å². The van der Waals surface area contributed by atoms with Crippen LogP contribution in [0.15, 0.2) is 48.8 Å². The van der Waals surface area contributed by atoms with Gasteiger partial charge in [-0.1, -0.05) is 28.5 Å². The first kappa shape index (κ1) is 20.9. The number of carbonyl (C=O) groups excluding carboxylic acids is 1. The van der Waals surface area contributed by atoms with Crippen molar-refractivity contribution in [2.45, 2.75) is 13.8 Å². The van der Waals surface area contributed by atoms with Gasteiger partial charge in [-0.05, 0) is 38.1 Å². The van der Waals surface area contributed by atoms with Gasteiger partial charge < -0.3 is 14.5 Å². The first-order valence-electron chi connectivity index (χ1n) is 10.9. The van der Waals surface area contributed by atoms with Gasteiger partial charge in [0, 0.05) is 37.8 Å². The van der Waals surface area contributed by atoms with Crippen LogP contribution < -0.4 is 9.64 Å². The second-order valence-corrected chi connectivity index (χ2v) is 8.23. The van der Waals surface area contributed by atoms with E-state index in [0.29, 0.717) is 37.3 Å². The smallest absolute Gasteiger partial charge is 0.253 e. The lowest BCUT2D eigenvalue weighted by Gasteiger charge is -2.35. The minimum Gasteiger partial charge on any atom is -0.497 e. The number of hydrogen-bond acceptors (Lipinski definition) is 7. The van der Waals surface area contributed by atoms with E-state index in [2.05, 4.69) is 31.2 Å². The van der Waals surface area contributed by atoms with Gasteiger partial charge in [0.15, 0.2) is 17.0 Å². The zero-order valence-corrected chi connectivity index (χ0v) is 18.9. The maximum absolute atomic E-state index is 13.0. The summed E-state index contributed by atoms with van der Waals surface area (Å²) in [4.78, 5) is 26.0. The number of aryl methyl sites for hydroxylation is 2. The minimum absolute atomic E-state index is 0.0678. The van der Waals surface area contributed by atoms with E-state index in [1.165, 1.54) is 6.33 Å². The summed E-state index contributed by atoms with van der Waals surface area (Å²) in [7, 11) is 1.63. The van der Waals surface area contributed by atoms with Crippen molar-refractivity contribution in [1.29, 1.82) is 0 Å². The average Bonchev–Trinajstić information content (AvgIpc) is 3.27. The SMILES string of the molecule is COc1cccc(-n2nnc3c(N4CCN(C(=O)c5cc(C)cc(C)c5)CC4)ncnc32)c1. The quantitative estimate of drug-likeness (QED) is 0.479. The molecule has 1 amide bonds. The number of ether oxygens (including phenoxy) is 1. The largest absolute Gasteiger partial charge is 0.497 e. The standard InChI is InChI=1S/C24H25N7O2/c1-16-11-17(2)13-18(12-16)24(32)30-9-7-29(8-10-30)22-21-23(26-15-25-22)31(28-27-21)19-5-4-6-20(14-19)33-3/h4-6,11-15H,7-10H2,1-3H3. The number of anilines is 1. The Labute approximate surface area is 191 Å². The third kappa shape index (κ3) is 3.97. The first-order valence-corrected chi connectivity index (χ1v) is 10.9. The number of nitrogens with zero attached hydrogens (tertiary/aromatic N) is 7. The molecule has 2 aromatic carbocycles. The zero-order chi connectivity index (χ0) is 22.9. The van der Waals surface area contributed by atoms with E-state index in [9.17, 15) is 4.79 Å². The van der Waals surface area contributed by atoms with Gasteiger partial charge in [0.2, 0.25) is 0 Å². The Morgan fingerprint density at radius 1 is 0.970 bits per heavy atom. The summed E-state index contributed by atoms with van der Waals surface area (Å²) in [6, 6.07) is 13.6. The molecule has 0 saturated carbocycles. The molecule has 0 spiro atoms. The van der Waals surface area contributed by atoms with Crippen LogP contribution in [0.2, 0.25) is 0 Å². The Hall–Kier alpha value is -4.01. The fourth-order valence-corrected chi connectivity index (χ4v) is 4.29. The van der Waals surface area contributed by atoms with Crippen molar-refractivity contribution in [3.63, 3.8) is 0 Å². The molecule has 2 aromatic heterocycles. The summed E-state index contributed by atoms with van der Waals surface area (Å²) < 4.78 is 7.01. The number of amides is 1. The third-order valence-corrected chi connectivity index (χ3v) is 5.85. The summed E-state index contributed by atoms with van der Waals surface area (Å²) in [5.41, 5.74) is 5.01. The number of methoxy groups -OCH3 is 1. The molecule has 4 aromatic rings. The van der Waals surface area contributed by atoms with Crippen LogP contribution in [0.3, 0.4) is 0 Å². The normalized spacial score (nSPS) is 14.0. The van der Waals surface area contributed by atoms with Crippen LogP contribution in [0.4, 0.5) is 5.82 Å². The molecule has 33 heavy (non-hydrogen) atoms. The molecule has 9 nitrogen and oxygen atoms in total. The van der Waals surface area contributed by atoms with E-state index in [4.69, 9.17) is 4.74 Å². The summed E-state index contributed by atoms with van der Waals surface area (Å²) in [6.45, 7) is 6.58. The molecule has 1 aliphatic heterocycles. The van der Waals surface area contributed by atoms with Crippen LogP contribution in [0.5, 0.6) is 5.75 Å². The van der Waals surface area contributed by atoms with Gasteiger partial charge in [0.25, 0.3) is 5.91 Å². The van der Waals surface area contributed by atoms with Gasteiger partial charge in [-0.2, -0.15) is 4.68 Å². The highest BCUT2D eigenvalue weighted by molar-refractivity contribution is 5.95. The van der Waals surface area contributed by atoms with Crippen molar-refractivity contribution in [3.05, 3.63) is 65.5 Å². The molecule has 1 aliphatic rings. The number of aromatic nitrogens is 5. The Balaban J connectivity index is 1.37. The molecule has 168 valence electrons. The molecule has 5 rings (SSSR count). The van der Waals surface area contributed by atoms with Crippen LogP contribution in [0.25, 0.3) is 16.9 Å². The van der Waals surface area contributed by atoms with E-state index < -0.39 is 0 Å². The molecule has 0 bridgehead atoms. The summed E-state index contributed by atoms with van der Waals surface area (Å²) in [6.07, 6.45) is 1.53. The van der Waals surface area contributed by atoms with Crippen molar-refractivity contribution in [3.8, 4) is 11.4 Å². The molecule has 1 fully saturated rings. The molecule has 3 heterocycles. The fourth-order valence-electron chi connectivity index (χ4n) is 4.29. The lowest BCUT2D eigenvalue weighted by molar-refractivity contribution is 0.0746. The van der Waals surface area contributed by atoms with E-state index in [0.717, 1.165) is 33.9 Å². The summed E-state index contributed by atoms with van der Waals surface area (Å²) in [5.74, 6) is 1.53. The minimum atomic E-state index is 0.0678. The lowest BCUT2D eigenvalue weighted by Crippen LogP contribution is -2.49. The van der Waals surface area contributed by atoms with Crippen molar-refractivity contribution >= 4 is 22.9 Å². The highest BCUT2D eigenvalue weighted by Gasteiger charge is 2.25. The number of carbonyl (C=O) groups is 1. The van der Waals surface area contributed by atoms with Crippen molar-refractivity contribution in [2.24, 2.45) is 0 Å². The van der Waals surface area contributed by atoms with E-state index in [-0.39, 0.29) is 5.91 Å². The summed E-state index contributed by atoms with van der Waals surface area (Å²) in [5, 5.41) is 8.68. The number of rotatable bonds is 4. The predicted molar refractivity (Wildman–Crippen MR) is 125 cm³/mol.